The van der Waals surface area contributed by atoms with Crippen molar-refractivity contribution in [2.75, 3.05) is 0 Å². The van der Waals surface area contributed by atoms with Crippen LogP contribution < -0.4 is 0 Å². The molecule has 1 aliphatic heterocycles. The van der Waals surface area contributed by atoms with E-state index in [0.29, 0.717) is 10.6 Å². The van der Waals surface area contributed by atoms with Gasteiger partial charge in [0.2, 0.25) is 5.91 Å². The Balaban J connectivity index is 2.14. The van der Waals surface area contributed by atoms with Crippen LogP contribution >= 0.6 is 11.6 Å². The number of nitrogens with zero attached hydrogens (tertiary/aromatic N) is 1. The van der Waals surface area contributed by atoms with Crippen LogP contribution in [0.4, 0.5) is 0 Å². The molecular formula is C12H10ClNO4. The lowest BCUT2D eigenvalue weighted by atomic mass is 10.1. The number of likely N-dealkylation sites (tertiary alicyclic amines) is 1. The maximum atomic E-state index is 12.0. The van der Waals surface area contributed by atoms with Crippen molar-refractivity contribution in [3.8, 4) is 0 Å². The smallest absolute Gasteiger partial charge is 0.304 e. The van der Waals surface area contributed by atoms with Gasteiger partial charge in [0.15, 0.2) is 6.23 Å². The SMILES string of the molecule is CC(=O)OC1CC(=O)N1C(=O)c1ccc(Cl)cc1. The van der Waals surface area contributed by atoms with Gasteiger partial charge in [-0.1, -0.05) is 11.6 Å². The van der Waals surface area contributed by atoms with Gasteiger partial charge < -0.3 is 4.74 Å². The summed E-state index contributed by atoms with van der Waals surface area (Å²) in [4.78, 5) is 35.2. The van der Waals surface area contributed by atoms with Crippen LogP contribution in [0.3, 0.4) is 0 Å². The molecule has 94 valence electrons. The standard InChI is InChI=1S/C12H10ClNO4/c1-7(15)18-11-6-10(16)14(11)12(17)8-2-4-9(13)5-3-8/h2-5,11H,6H2,1H3. The molecule has 6 heteroatoms. The van der Waals surface area contributed by atoms with Gasteiger partial charge in [-0.2, -0.15) is 0 Å². The Bertz CT molecular complexity index is 511. The van der Waals surface area contributed by atoms with E-state index in [-0.39, 0.29) is 12.3 Å². The number of imide groups is 1. The predicted molar refractivity (Wildman–Crippen MR) is 62.8 cm³/mol. The Labute approximate surface area is 108 Å². The second-order valence-corrected chi connectivity index (χ2v) is 4.28. The molecule has 1 aliphatic rings. The molecule has 0 radical (unpaired) electrons. The maximum absolute atomic E-state index is 12.0. The number of benzene rings is 1. The molecule has 0 spiro atoms. The Morgan fingerprint density at radius 3 is 2.44 bits per heavy atom. The fourth-order valence-corrected chi connectivity index (χ4v) is 1.77. The summed E-state index contributed by atoms with van der Waals surface area (Å²) >= 11 is 5.71. The van der Waals surface area contributed by atoms with Crippen LogP contribution in [0.1, 0.15) is 23.7 Å². The number of carbonyl (C=O) groups is 3. The number of β-lactam (4-membered cyclic amide) rings is 1. The summed E-state index contributed by atoms with van der Waals surface area (Å²) in [5.41, 5.74) is 0.324. The molecule has 18 heavy (non-hydrogen) atoms. The molecule has 1 heterocycles. The van der Waals surface area contributed by atoms with Crippen LogP contribution in [0.15, 0.2) is 24.3 Å². The monoisotopic (exact) mass is 267 g/mol. The van der Waals surface area contributed by atoms with Crippen LogP contribution in [-0.4, -0.2) is 28.9 Å². The first-order valence-corrected chi connectivity index (χ1v) is 5.66. The molecule has 0 saturated carbocycles. The van der Waals surface area contributed by atoms with E-state index < -0.39 is 18.1 Å². The first-order chi connectivity index (χ1) is 8.49. The van der Waals surface area contributed by atoms with Gasteiger partial charge in [0, 0.05) is 17.5 Å². The zero-order valence-corrected chi connectivity index (χ0v) is 10.3. The van der Waals surface area contributed by atoms with Crippen molar-refractivity contribution in [3.05, 3.63) is 34.9 Å². The highest BCUT2D eigenvalue weighted by molar-refractivity contribution is 6.30. The zero-order valence-electron chi connectivity index (χ0n) is 9.55. The fraction of sp³-hybridized carbons (Fsp3) is 0.250. The zero-order chi connectivity index (χ0) is 13.3. The molecule has 0 bridgehead atoms. The topological polar surface area (TPSA) is 63.7 Å². The molecule has 2 amide bonds. The fourth-order valence-electron chi connectivity index (χ4n) is 1.65. The van der Waals surface area contributed by atoms with Crippen molar-refractivity contribution >= 4 is 29.4 Å². The van der Waals surface area contributed by atoms with E-state index in [1.54, 1.807) is 12.1 Å². The first-order valence-electron chi connectivity index (χ1n) is 5.28. The van der Waals surface area contributed by atoms with Gasteiger partial charge in [-0.15, -0.1) is 0 Å². The number of amides is 2. The molecule has 2 rings (SSSR count). The van der Waals surface area contributed by atoms with Gasteiger partial charge in [-0.25, -0.2) is 4.90 Å². The summed E-state index contributed by atoms with van der Waals surface area (Å²) in [5, 5.41) is 0.498. The van der Waals surface area contributed by atoms with E-state index in [0.717, 1.165) is 4.90 Å². The predicted octanol–water partition coefficient (Wildman–Crippen LogP) is 1.60. The summed E-state index contributed by atoms with van der Waals surface area (Å²) in [6, 6.07) is 6.14. The van der Waals surface area contributed by atoms with Gasteiger partial charge in [0.25, 0.3) is 5.91 Å². The summed E-state index contributed by atoms with van der Waals surface area (Å²) in [6.45, 7) is 1.23. The van der Waals surface area contributed by atoms with Gasteiger partial charge in [-0.3, -0.25) is 14.4 Å². The van der Waals surface area contributed by atoms with E-state index >= 15 is 0 Å². The quantitative estimate of drug-likeness (QED) is 0.464. The molecule has 1 atom stereocenters. The highest BCUT2D eigenvalue weighted by Gasteiger charge is 2.43. The Morgan fingerprint density at radius 2 is 1.94 bits per heavy atom. The van der Waals surface area contributed by atoms with E-state index in [9.17, 15) is 14.4 Å². The van der Waals surface area contributed by atoms with Crippen molar-refractivity contribution < 1.29 is 19.1 Å². The number of rotatable bonds is 2. The maximum Gasteiger partial charge on any atom is 0.304 e. The summed E-state index contributed by atoms with van der Waals surface area (Å²) in [7, 11) is 0. The van der Waals surface area contributed by atoms with Gasteiger partial charge >= 0.3 is 5.97 Å². The second-order valence-electron chi connectivity index (χ2n) is 3.84. The molecule has 1 aromatic carbocycles. The molecule has 1 aromatic rings. The first kappa shape index (κ1) is 12.6. The summed E-state index contributed by atoms with van der Waals surface area (Å²) < 4.78 is 4.85. The number of carbonyl (C=O) groups excluding carboxylic acids is 3. The minimum absolute atomic E-state index is 0.0406. The van der Waals surface area contributed by atoms with Crippen molar-refractivity contribution in [1.29, 1.82) is 0 Å². The number of esters is 1. The molecule has 0 aliphatic carbocycles. The van der Waals surface area contributed by atoms with E-state index in [1.807, 2.05) is 0 Å². The number of halogens is 1. The normalized spacial score (nSPS) is 18.2. The molecule has 0 N–H and O–H groups in total. The lowest BCUT2D eigenvalue weighted by Crippen LogP contribution is -2.57. The third-order valence-electron chi connectivity index (χ3n) is 2.52. The van der Waals surface area contributed by atoms with Gasteiger partial charge in [-0.05, 0) is 24.3 Å². The third-order valence-corrected chi connectivity index (χ3v) is 2.77. The lowest BCUT2D eigenvalue weighted by molar-refractivity contribution is -0.175. The molecule has 0 aromatic heterocycles. The van der Waals surface area contributed by atoms with Crippen LogP contribution in [0.5, 0.6) is 0 Å². The Kier molecular flexibility index (Phi) is 3.34. The van der Waals surface area contributed by atoms with Crippen molar-refractivity contribution in [2.45, 2.75) is 19.6 Å². The molecular weight excluding hydrogens is 258 g/mol. The average Bonchev–Trinajstić information content (AvgIpc) is 2.28. The summed E-state index contributed by atoms with van der Waals surface area (Å²) in [5.74, 6) is -1.38. The van der Waals surface area contributed by atoms with Crippen molar-refractivity contribution in [3.63, 3.8) is 0 Å². The molecule has 1 fully saturated rings. The van der Waals surface area contributed by atoms with Crippen LogP contribution in [0.2, 0.25) is 5.02 Å². The highest BCUT2D eigenvalue weighted by Crippen LogP contribution is 2.23. The van der Waals surface area contributed by atoms with Crippen LogP contribution in [0.25, 0.3) is 0 Å². The molecule has 5 nitrogen and oxygen atoms in total. The minimum atomic E-state index is -0.793. The summed E-state index contributed by atoms with van der Waals surface area (Å²) in [6.07, 6.45) is -0.753. The van der Waals surface area contributed by atoms with Gasteiger partial charge in [0.05, 0.1) is 6.42 Å². The average molecular weight is 268 g/mol. The van der Waals surface area contributed by atoms with E-state index in [4.69, 9.17) is 16.3 Å². The second kappa shape index (κ2) is 4.78. The largest absolute Gasteiger partial charge is 0.441 e. The molecule has 1 saturated heterocycles. The van der Waals surface area contributed by atoms with E-state index in [1.165, 1.54) is 19.1 Å². The van der Waals surface area contributed by atoms with Crippen LogP contribution in [-0.2, 0) is 14.3 Å². The van der Waals surface area contributed by atoms with Crippen LogP contribution in [0, 0.1) is 0 Å². The molecule has 1 unspecified atom stereocenters. The van der Waals surface area contributed by atoms with Crippen molar-refractivity contribution in [2.24, 2.45) is 0 Å². The van der Waals surface area contributed by atoms with Crippen molar-refractivity contribution in [1.82, 2.24) is 4.90 Å². The Morgan fingerprint density at radius 1 is 1.33 bits per heavy atom. The number of ether oxygens (including phenoxy) is 1. The minimum Gasteiger partial charge on any atom is -0.441 e. The number of hydrogen-bond acceptors (Lipinski definition) is 4. The van der Waals surface area contributed by atoms with E-state index in [2.05, 4.69) is 0 Å². The highest BCUT2D eigenvalue weighted by atomic mass is 35.5. The van der Waals surface area contributed by atoms with Gasteiger partial charge in [0.1, 0.15) is 0 Å². The Hall–Kier alpha value is -1.88. The number of hydrogen-bond donors (Lipinski definition) is 0. The third kappa shape index (κ3) is 2.36. The lowest BCUT2D eigenvalue weighted by Gasteiger charge is -2.37.